The van der Waals surface area contributed by atoms with Gasteiger partial charge in [-0.05, 0) is 6.07 Å². The van der Waals surface area contributed by atoms with Gasteiger partial charge in [0, 0.05) is 21.9 Å². The van der Waals surface area contributed by atoms with Crippen molar-refractivity contribution < 1.29 is 4.92 Å². The fourth-order valence-electron chi connectivity index (χ4n) is 1.24. The Hall–Kier alpha value is -1.33. The molecule has 0 aliphatic heterocycles. The number of nitrogens with two attached hydrogens (primary N) is 1. The fourth-order valence-corrected chi connectivity index (χ4v) is 2.38. The SMILES string of the molecule is Nc1csc2c([N+](=O)[O-])cc(Cl)cc12. The van der Waals surface area contributed by atoms with Crippen LogP contribution in [0, 0.1) is 10.1 Å². The maximum Gasteiger partial charge on any atom is 0.288 e. The van der Waals surface area contributed by atoms with Crippen molar-refractivity contribution in [3.8, 4) is 0 Å². The number of non-ortho nitro benzene ring substituents is 1. The molecule has 2 aromatic rings. The minimum absolute atomic E-state index is 0.00852. The van der Waals surface area contributed by atoms with E-state index in [0.29, 0.717) is 20.8 Å². The third-order valence-electron chi connectivity index (χ3n) is 1.85. The molecular weight excluding hydrogens is 224 g/mol. The van der Waals surface area contributed by atoms with Crippen LogP contribution in [0.2, 0.25) is 5.02 Å². The first-order chi connectivity index (χ1) is 6.59. The summed E-state index contributed by atoms with van der Waals surface area (Å²) in [5, 5.41) is 13.3. The molecule has 2 rings (SSSR count). The van der Waals surface area contributed by atoms with Crippen molar-refractivity contribution in [2.45, 2.75) is 0 Å². The maximum atomic E-state index is 10.7. The number of hydrogen-bond donors (Lipinski definition) is 1. The van der Waals surface area contributed by atoms with E-state index in [1.807, 2.05) is 0 Å². The molecule has 0 fully saturated rings. The highest BCUT2D eigenvalue weighted by molar-refractivity contribution is 7.18. The number of nitro benzene ring substituents is 1. The van der Waals surface area contributed by atoms with Crippen molar-refractivity contribution in [2.75, 3.05) is 5.73 Å². The van der Waals surface area contributed by atoms with Crippen LogP contribution in [0.25, 0.3) is 10.1 Å². The molecule has 0 bridgehead atoms. The quantitative estimate of drug-likeness (QED) is 0.602. The van der Waals surface area contributed by atoms with Crippen LogP contribution in [0.4, 0.5) is 11.4 Å². The average Bonchev–Trinajstić information content (AvgIpc) is 2.47. The minimum Gasteiger partial charge on any atom is -0.398 e. The van der Waals surface area contributed by atoms with E-state index in [0.717, 1.165) is 0 Å². The molecule has 0 radical (unpaired) electrons. The molecule has 2 N–H and O–H groups in total. The molecule has 0 aliphatic rings. The number of rotatable bonds is 1. The average molecular weight is 229 g/mol. The zero-order valence-corrected chi connectivity index (χ0v) is 8.43. The molecular formula is C8H5ClN2O2S. The van der Waals surface area contributed by atoms with Gasteiger partial charge in [0.25, 0.3) is 5.69 Å². The lowest BCUT2D eigenvalue weighted by Crippen LogP contribution is -1.88. The summed E-state index contributed by atoms with van der Waals surface area (Å²) >= 11 is 6.99. The summed E-state index contributed by atoms with van der Waals surface area (Å²) in [5.74, 6) is 0. The first-order valence-corrected chi connectivity index (χ1v) is 4.96. The van der Waals surface area contributed by atoms with E-state index in [9.17, 15) is 10.1 Å². The van der Waals surface area contributed by atoms with Crippen molar-refractivity contribution in [3.63, 3.8) is 0 Å². The molecule has 0 unspecified atom stereocenters. The van der Waals surface area contributed by atoms with Gasteiger partial charge in [0.1, 0.15) is 4.70 Å². The molecule has 0 saturated carbocycles. The van der Waals surface area contributed by atoms with Crippen molar-refractivity contribution in [2.24, 2.45) is 0 Å². The molecule has 0 atom stereocenters. The molecule has 4 nitrogen and oxygen atoms in total. The predicted molar refractivity (Wildman–Crippen MR) is 57.9 cm³/mol. The molecule has 14 heavy (non-hydrogen) atoms. The predicted octanol–water partition coefficient (Wildman–Crippen LogP) is 3.05. The topological polar surface area (TPSA) is 69.2 Å². The highest BCUT2D eigenvalue weighted by Crippen LogP contribution is 2.37. The minimum atomic E-state index is -0.454. The van der Waals surface area contributed by atoms with E-state index in [1.165, 1.54) is 17.4 Å². The van der Waals surface area contributed by atoms with Crippen molar-refractivity contribution in [1.82, 2.24) is 0 Å². The Bertz CT molecular complexity index is 523. The summed E-state index contributed by atoms with van der Waals surface area (Å²) in [6.45, 7) is 0. The number of benzene rings is 1. The van der Waals surface area contributed by atoms with Gasteiger partial charge in [-0.1, -0.05) is 11.6 Å². The number of nitrogens with zero attached hydrogens (tertiary/aromatic N) is 1. The number of halogens is 1. The standard InChI is InChI=1S/C8H5ClN2O2S/c9-4-1-5-6(10)3-14-8(5)7(2-4)11(12)13/h1-3H,10H2. The van der Waals surface area contributed by atoms with Crippen LogP contribution in [-0.2, 0) is 0 Å². The number of thiophene rings is 1. The van der Waals surface area contributed by atoms with Crippen LogP contribution < -0.4 is 5.73 Å². The second-order valence-electron chi connectivity index (χ2n) is 2.75. The third kappa shape index (κ3) is 1.30. The summed E-state index contributed by atoms with van der Waals surface area (Å²) in [7, 11) is 0. The summed E-state index contributed by atoms with van der Waals surface area (Å²) in [4.78, 5) is 10.2. The Kier molecular flexibility index (Phi) is 2.05. The zero-order valence-electron chi connectivity index (χ0n) is 6.86. The van der Waals surface area contributed by atoms with E-state index < -0.39 is 4.92 Å². The summed E-state index contributed by atoms with van der Waals surface area (Å²) in [6.07, 6.45) is 0. The Balaban J connectivity index is 2.88. The number of nitro groups is 1. The normalized spacial score (nSPS) is 10.6. The molecule has 0 amide bonds. The van der Waals surface area contributed by atoms with E-state index in [-0.39, 0.29) is 5.69 Å². The number of anilines is 1. The summed E-state index contributed by atoms with van der Waals surface area (Å²) in [5.41, 5.74) is 6.18. The molecule has 0 saturated heterocycles. The van der Waals surface area contributed by atoms with Gasteiger partial charge in [-0.15, -0.1) is 11.3 Å². The molecule has 1 aromatic carbocycles. The molecule has 6 heteroatoms. The number of nitrogen functional groups attached to an aromatic ring is 1. The Morgan fingerprint density at radius 1 is 1.50 bits per heavy atom. The zero-order chi connectivity index (χ0) is 10.3. The van der Waals surface area contributed by atoms with E-state index in [4.69, 9.17) is 17.3 Å². The van der Waals surface area contributed by atoms with Gasteiger partial charge in [0.15, 0.2) is 0 Å². The lowest BCUT2D eigenvalue weighted by molar-refractivity contribution is -0.382. The fraction of sp³-hybridized carbons (Fsp3) is 0. The van der Waals surface area contributed by atoms with Crippen LogP contribution >= 0.6 is 22.9 Å². The van der Waals surface area contributed by atoms with Crippen LogP contribution in [0.3, 0.4) is 0 Å². The van der Waals surface area contributed by atoms with Gasteiger partial charge in [-0.25, -0.2) is 0 Å². The molecule has 0 spiro atoms. The lowest BCUT2D eigenvalue weighted by atomic mass is 10.2. The van der Waals surface area contributed by atoms with Gasteiger partial charge in [-0.2, -0.15) is 0 Å². The smallest absolute Gasteiger partial charge is 0.288 e. The van der Waals surface area contributed by atoms with Crippen molar-refractivity contribution in [1.29, 1.82) is 0 Å². The first kappa shape index (κ1) is 9.23. The van der Waals surface area contributed by atoms with Crippen LogP contribution in [-0.4, -0.2) is 4.92 Å². The number of fused-ring (bicyclic) bond motifs is 1. The van der Waals surface area contributed by atoms with Crippen molar-refractivity contribution >= 4 is 44.4 Å². The van der Waals surface area contributed by atoms with Crippen LogP contribution in [0.5, 0.6) is 0 Å². The lowest BCUT2D eigenvalue weighted by Gasteiger charge is -1.95. The highest BCUT2D eigenvalue weighted by Gasteiger charge is 2.16. The Morgan fingerprint density at radius 3 is 2.86 bits per heavy atom. The van der Waals surface area contributed by atoms with Crippen molar-refractivity contribution in [3.05, 3.63) is 32.6 Å². The van der Waals surface area contributed by atoms with Gasteiger partial charge in [0.05, 0.1) is 10.6 Å². The second kappa shape index (κ2) is 3.11. The second-order valence-corrected chi connectivity index (χ2v) is 4.07. The third-order valence-corrected chi connectivity index (χ3v) is 3.10. The van der Waals surface area contributed by atoms with E-state index >= 15 is 0 Å². The van der Waals surface area contributed by atoms with Crippen LogP contribution in [0.1, 0.15) is 0 Å². The molecule has 0 aliphatic carbocycles. The van der Waals surface area contributed by atoms with Gasteiger partial charge >= 0.3 is 0 Å². The monoisotopic (exact) mass is 228 g/mol. The summed E-state index contributed by atoms with van der Waals surface area (Å²) in [6, 6.07) is 2.97. The number of hydrogen-bond acceptors (Lipinski definition) is 4. The summed E-state index contributed by atoms with van der Waals surface area (Å²) < 4.78 is 0.567. The molecule has 1 heterocycles. The van der Waals surface area contributed by atoms with Crippen LogP contribution in [0.15, 0.2) is 17.5 Å². The highest BCUT2D eigenvalue weighted by atomic mass is 35.5. The largest absolute Gasteiger partial charge is 0.398 e. The Morgan fingerprint density at radius 2 is 2.21 bits per heavy atom. The van der Waals surface area contributed by atoms with Gasteiger partial charge in [-0.3, -0.25) is 10.1 Å². The first-order valence-electron chi connectivity index (χ1n) is 3.70. The van der Waals surface area contributed by atoms with Gasteiger partial charge in [0.2, 0.25) is 0 Å². The molecule has 1 aromatic heterocycles. The van der Waals surface area contributed by atoms with E-state index in [1.54, 1.807) is 11.4 Å². The Labute approximate surface area is 88.0 Å². The maximum absolute atomic E-state index is 10.7. The van der Waals surface area contributed by atoms with Gasteiger partial charge < -0.3 is 5.73 Å². The molecule has 72 valence electrons. The van der Waals surface area contributed by atoms with E-state index in [2.05, 4.69) is 0 Å².